The van der Waals surface area contributed by atoms with Crippen molar-refractivity contribution >= 4 is 17.8 Å². The quantitative estimate of drug-likeness (QED) is 0.754. The fourth-order valence-electron chi connectivity index (χ4n) is 2.24. The smallest absolute Gasteiger partial charge is 0.415 e. The molecule has 138 valence electrons. The van der Waals surface area contributed by atoms with Crippen LogP contribution < -0.4 is 11.1 Å². The van der Waals surface area contributed by atoms with Crippen LogP contribution in [-0.2, 0) is 15.0 Å². The van der Waals surface area contributed by atoms with Crippen LogP contribution >= 0.6 is 0 Å². The topological polar surface area (TPSA) is 85.9 Å². The van der Waals surface area contributed by atoms with E-state index in [-0.39, 0.29) is 5.69 Å². The van der Waals surface area contributed by atoms with Gasteiger partial charge in [-0.15, -0.1) is 0 Å². The maximum Gasteiger partial charge on any atom is 0.415 e. The van der Waals surface area contributed by atoms with Gasteiger partial charge in [-0.05, 0) is 45.9 Å². The summed E-state index contributed by atoms with van der Waals surface area (Å²) in [7, 11) is 0. The average Bonchev–Trinajstić information content (AvgIpc) is 2.44. The Morgan fingerprint density at radius 1 is 1.40 bits per heavy atom. The predicted octanol–water partition coefficient (Wildman–Crippen LogP) is 3.17. The number of aliphatic imine (C=N–C) groups is 1. The van der Waals surface area contributed by atoms with Gasteiger partial charge >= 0.3 is 12.0 Å². The summed E-state index contributed by atoms with van der Waals surface area (Å²) in [5, 5.41) is 2.15. The second-order valence-electron chi connectivity index (χ2n) is 6.85. The highest BCUT2D eigenvalue weighted by molar-refractivity contribution is 5.91. The SMILES string of the molecule is CC(C)(C)OC(=O)NC1=NC(C)(c2cc(N)ccc2F)C(F)(F)CO1. The molecule has 1 aromatic rings. The van der Waals surface area contributed by atoms with E-state index in [0.717, 1.165) is 19.1 Å². The maximum absolute atomic E-state index is 14.4. The molecule has 0 aliphatic carbocycles. The number of nitrogens with two attached hydrogens (primary N) is 1. The van der Waals surface area contributed by atoms with Crippen molar-refractivity contribution in [3.8, 4) is 0 Å². The Morgan fingerprint density at radius 2 is 2.04 bits per heavy atom. The second kappa shape index (κ2) is 6.12. The van der Waals surface area contributed by atoms with Crippen molar-refractivity contribution in [3.63, 3.8) is 0 Å². The van der Waals surface area contributed by atoms with E-state index in [1.807, 2.05) is 0 Å². The van der Waals surface area contributed by atoms with E-state index in [4.69, 9.17) is 15.2 Å². The molecule has 0 aromatic heterocycles. The van der Waals surface area contributed by atoms with Crippen LogP contribution in [0.25, 0.3) is 0 Å². The fraction of sp³-hybridized carbons (Fsp3) is 0.500. The number of ether oxygens (including phenoxy) is 2. The zero-order chi connectivity index (χ0) is 19.0. The number of carbonyl (C=O) groups excluding carboxylic acids is 1. The van der Waals surface area contributed by atoms with Crippen LogP contribution in [0.4, 0.5) is 23.7 Å². The molecule has 25 heavy (non-hydrogen) atoms. The highest BCUT2D eigenvalue weighted by Crippen LogP contribution is 2.44. The lowest BCUT2D eigenvalue weighted by atomic mass is 9.85. The third-order valence-electron chi connectivity index (χ3n) is 3.55. The van der Waals surface area contributed by atoms with Crippen molar-refractivity contribution in [2.24, 2.45) is 4.99 Å². The van der Waals surface area contributed by atoms with E-state index in [0.29, 0.717) is 0 Å². The standard InChI is InChI=1S/C16H20F3N3O3/c1-14(2,3)25-13(23)21-12-22-15(4,16(18,19)8-24-12)10-7-9(20)5-6-11(10)17/h5-7H,8,20H2,1-4H3,(H,21,22,23). The number of carbonyl (C=O) groups is 1. The molecule has 1 aromatic carbocycles. The Kier molecular flexibility index (Phi) is 4.63. The summed E-state index contributed by atoms with van der Waals surface area (Å²) in [4.78, 5) is 15.5. The van der Waals surface area contributed by atoms with Crippen LogP contribution in [0.15, 0.2) is 23.2 Å². The summed E-state index contributed by atoms with van der Waals surface area (Å²) in [5.41, 5.74) is 2.19. The zero-order valence-electron chi connectivity index (χ0n) is 14.3. The number of nitrogens with zero attached hydrogens (tertiary/aromatic N) is 1. The molecule has 9 heteroatoms. The molecule has 2 rings (SSSR count). The molecule has 1 atom stereocenters. The van der Waals surface area contributed by atoms with Gasteiger partial charge in [0, 0.05) is 11.3 Å². The van der Waals surface area contributed by atoms with Gasteiger partial charge in [-0.1, -0.05) is 0 Å². The predicted molar refractivity (Wildman–Crippen MR) is 85.9 cm³/mol. The van der Waals surface area contributed by atoms with E-state index in [1.54, 1.807) is 20.8 Å². The summed E-state index contributed by atoms with van der Waals surface area (Å²) in [6, 6.07) is 2.84. The van der Waals surface area contributed by atoms with Gasteiger partial charge in [0.15, 0.2) is 12.1 Å². The maximum atomic E-state index is 14.4. The Labute approximate surface area is 143 Å². The molecule has 1 heterocycles. The molecule has 1 aliphatic rings. The third kappa shape index (κ3) is 3.97. The molecule has 0 bridgehead atoms. The number of alkyl halides is 2. The second-order valence-corrected chi connectivity index (χ2v) is 6.85. The number of amidine groups is 1. The van der Waals surface area contributed by atoms with Gasteiger partial charge in [0.1, 0.15) is 11.4 Å². The van der Waals surface area contributed by atoms with E-state index in [9.17, 15) is 18.0 Å². The molecule has 0 fully saturated rings. The van der Waals surface area contributed by atoms with E-state index in [2.05, 4.69) is 10.3 Å². The number of benzene rings is 1. The van der Waals surface area contributed by atoms with Crippen LogP contribution in [-0.4, -0.2) is 30.2 Å². The third-order valence-corrected chi connectivity index (χ3v) is 3.55. The monoisotopic (exact) mass is 359 g/mol. The van der Waals surface area contributed by atoms with Crippen LogP contribution in [0, 0.1) is 5.82 Å². The fourth-order valence-corrected chi connectivity index (χ4v) is 2.24. The molecule has 6 nitrogen and oxygen atoms in total. The minimum atomic E-state index is -3.53. The van der Waals surface area contributed by atoms with E-state index in [1.165, 1.54) is 6.07 Å². The van der Waals surface area contributed by atoms with Crippen molar-refractivity contribution in [2.75, 3.05) is 12.3 Å². The van der Waals surface area contributed by atoms with E-state index >= 15 is 0 Å². The Hall–Kier alpha value is -2.45. The van der Waals surface area contributed by atoms with Crippen molar-refractivity contribution in [2.45, 2.75) is 44.8 Å². The number of amides is 1. The normalized spacial score (nSPS) is 22.6. The molecular formula is C16H20F3N3O3. The molecule has 0 radical (unpaired) electrons. The lowest BCUT2D eigenvalue weighted by Crippen LogP contribution is -2.53. The van der Waals surface area contributed by atoms with Crippen LogP contribution in [0.3, 0.4) is 0 Å². The Morgan fingerprint density at radius 3 is 2.64 bits per heavy atom. The molecule has 0 spiro atoms. The Bertz CT molecular complexity index is 716. The highest BCUT2D eigenvalue weighted by atomic mass is 19.3. The van der Waals surface area contributed by atoms with Crippen LogP contribution in [0.2, 0.25) is 0 Å². The van der Waals surface area contributed by atoms with Gasteiger partial charge in [-0.25, -0.2) is 19.5 Å². The van der Waals surface area contributed by atoms with Crippen molar-refractivity contribution in [3.05, 3.63) is 29.6 Å². The number of anilines is 1. The number of halogens is 3. The lowest BCUT2D eigenvalue weighted by molar-refractivity contribution is -0.118. The van der Waals surface area contributed by atoms with Crippen molar-refractivity contribution < 1.29 is 27.4 Å². The zero-order valence-corrected chi connectivity index (χ0v) is 14.3. The summed E-state index contributed by atoms with van der Waals surface area (Å²) in [6.45, 7) is 4.86. The molecule has 3 N–H and O–H groups in total. The lowest BCUT2D eigenvalue weighted by Gasteiger charge is -2.38. The van der Waals surface area contributed by atoms with Gasteiger partial charge < -0.3 is 15.2 Å². The first-order chi connectivity index (χ1) is 11.3. The number of nitrogens with one attached hydrogen (secondary N) is 1. The number of hydrogen-bond acceptors (Lipinski definition) is 5. The Balaban J connectivity index is 2.40. The van der Waals surface area contributed by atoms with Crippen molar-refractivity contribution in [1.29, 1.82) is 0 Å². The van der Waals surface area contributed by atoms with Gasteiger partial charge in [-0.2, -0.15) is 8.78 Å². The van der Waals surface area contributed by atoms with E-state index < -0.39 is 47.2 Å². The number of nitrogen functional groups attached to an aromatic ring is 1. The van der Waals surface area contributed by atoms with Crippen LogP contribution in [0.5, 0.6) is 0 Å². The summed E-state index contributed by atoms with van der Waals surface area (Å²) in [6.07, 6.45) is -0.924. The molecule has 1 aliphatic heterocycles. The molecule has 1 amide bonds. The van der Waals surface area contributed by atoms with Crippen molar-refractivity contribution in [1.82, 2.24) is 5.32 Å². The average molecular weight is 359 g/mol. The first-order valence-electron chi connectivity index (χ1n) is 7.50. The number of alkyl carbamates (subject to hydrolysis) is 1. The first-order valence-corrected chi connectivity index (χ1v) is 7.50. The largest absolute Gasteiger partial charge is 0.458 e. The molecule has 1 unspecified atom stereocenters. The summed E-state index contributed by atoms with van der Waals surface area (Å²) >= 11 is 0. The van der Waals surface area contributed by atoms with Gasteiger partial charge in [0.25, 0.3) is 6.02 Å². The summed E-state index contributed by atoms with van der Waals surface area (Å²) < 4.78 is 52.9. The van der Waals surface area contributed by atoms with Gasteiger partial charge in [-0.3, -0.25) is 0 Å². The minimum Gasteiger partial charge on any atom is -0.458 e. The minimum absolute atomic E-state index is 0.108. The number of hydrogen-bond donors (Lipinski definition) is 2. The number of rotatable bonds is 1. The van der Waals surface area contributed by atoms with Gasteiger partial charge in [0.05, 0.1) is 0 Å². The summed E-state index contributed by atoms with van der Waals surface area (Å²) in [5.74, 6) is -4.42. The molecular weight excluding hydrogens is 339 g/mol. The molecule has 0 saturated heterocycles. The van der Waals surface area contributed by atoms with Crippen LogP contribution in [0.1, 0.15) is 33.3 Å². The van der Waals surface area contributed by atoms with Gasteiger partial charge in [0.2, 0.25) is 0 Å². The highest BCUT2D eigenvalue weighted by Gasteiger charge is 2.56. The first kappa shape index (κ1) is 18.9. The molecule has 0 saturated carbocycles.